The lowest BCUT2D eigenvalue weighted by atomic mass is 10.0. The van der Waals surface area contributed by atoms with E-state index in [9.17, 15) is 13.2 Å². The van der Waals surface area contributed by atoms with Crippen molar-refractivity contribution in [3.8, 4) is 6.07 Å². The number of thiocarbonyl (C=S) groups is 1. The Morgan fingerprint density at radius 2 is 2.00 bits per heavy atom. The van der Waals surface area contributed by atoms with Crippen LogP contribution < -0.4 is 5.32 Å². The van der Waals surface area contributed by atoms with Crippen LogP contribution in [-0.2, 0) is 6.18 Å². The Morgan fingerprint density at radius 1 is 1.36 bits per heavy atom. The van der Waals surface area contributed by atoms with Crippen LogP contribution in [0.3, 0.4) is 0 Å². The molecule has 0 saturated heterocycles. The Hall–Kier alpha value is -1.39. The van der Waals surface area contributed by atoms with Gasteiger partial charge in [-0.25, -0.2) is 0 Å². The molecule has 0 saturated carbocycles. The maximum atomic E-state index is 12.9. The van der Waals surface area contributed by atoms with Crippen LogP contribution in [-0.4, -0.2) is 19.2 Å². The van der Waals surface area contributed by atoms with Crippen molar-refractivity contribution < 1.29 is 13.2 Å². The molecule has 0 spiro atoms. The van der Waals surface area contributed by atoms with Gasteiger partial charge in [-0.3, -0.25) is 0 Å². The van der Waals surface area contributed by atoms with Crippen LogP contribution in [0.5, 0.6) is 0 Å². The molecule has 0 aliphatic heterocycles. The minimum absolute atomic E-state index is 0.294. The molecule has 0 fully saturated rings. The highest BCUT2D eigenvalue weighted by Crippen LogP contribution is 2.32. The fourth-order valence-electron chi connectivity index (χ4n) is 2.20. The smallest absolute Gasteiger partial charge is 0.379 e. The summed E-state index contributed by atoms with van der Waals surface area (Å²) in [5, 5.41) is 11.9. The van der Waals surface area contributed by atoms with Crippen LogP contribution in [0, 0.1) is 11.3 Å². The maximum Gasteiger partial charge on any atom is 0.417 e. The highest BCUT2D eigenvalue weighted by Gasteiger charge is 2.34. The van der Waals surface area contributed by atoms with Gasteiger partial charge >= 0.3 is 6.18 Å². The SMILES string of the molecule is CCC[Si](C)(C)CNC(=S)c1ccc(C#N)c(C(F)(F)F)c1. The lowest BCUT2D eigenvalue weighted by Crippen LogP contribution is -2.41. The number of nitrogens with one attached hydrogen (secondary N) is 1. The number of rotatable bonds is 5. The Balaban J connectivity index is 2.94. The first kappa shape index (κ1) is 18.7. The average molecular weight is 344 g/mol. The molecule has 0 heterocycles. The van der Waals surface area contributed by atoms with Gasteiger partial charge in [0.05, 0.1) is 25.3 Å². The van der Waals surface area contributed by atoms with Crippen LogP contribution >= 0.6 is 12.2 Å². The summed E-state index contributed by atoms with van der Waals surface area (Å²) in [7, 11) is -1.44. The van der Waals surface area contributed by atoms with E-state index in [0.29, 0.717) is 10.6 Å². The van der Waals surface area contributed by atoms with E-state index in [-0.39, 0.29) is 5.56 Å². The molecule has 1 rings (SSSR count). The first-order chi connectivity index (χ1) is 10.1. The molecule has 0 aliphatic carbocycles. The van der Waals surface area contributed by atoms with Crippen molar-refractivity contribution in [1.82, 2.24) is 5.32 Å². The zero-order chi connectivity index (χ0) is 17.0. The van der Waals surface area contributed by atoms with Gasteiger partial charge in [-0.15, -0.1) is 0 Å². The largest absolute Gasteiger partial charge is 0.417 e. The van der Waals surface area contributed by atoms with Gasteiger partial charge < -0.3 is 5.32 Å². The third-order valence-corrected chi connectivity index (χ3v) is 6.73. The van der Waals surface area contributed by atoms with E-state index in [0.717, 1.165) is 24.7 Å². The van der Waals surface area contributed by atoms with Crippen molar-refractivity contribution in [2.24, 2.45) is 0 Å². The number of alkyl halides is 3. The van der Waals surface area contributed by atoms with Gasteiger partial charge in [0.1, 0.15) is 4.99 Å². The normalized spacial score (nSPS) is 11.9. The van der Waals surface area contributed by atoms with Crippen molar-refractivity contribution in [1.29, 1.82) is 5.26 Å². The molecule has 0 aliphatic rings. The van der Waals surface area contributed by atoms with Crippen LogP contribution in [0.1, 0.15) is 30.0 Å². The number of nitriles is 1. The number of halogens is 3. The van der Waals surface area contributed by atoms with Crippen molar-refractivity contribution in [3.63, 3.8) is 0 Å². The second-order valence-corrected chi connectivity index (χ2v) is 11.6. The number of hydrogen-bond acceptors (Lipinski definition) is 2. The monoisotopic (exact) mass is 344 g/mol. The molecule has 7 heteroatoms. The molecule has 0 radical (unpaired) electrons. The van der Waals surface area contributed by atoms with Gasteiger partial charge in [0.15, 0.2) is 0 Å². The minimum Gasteiger partial charge on any atom is -0.379 e. The molecule has 1 N–H and O–H groups in total. The number of nitrogens with zero attached hydrogens (tertiary/aromatic N) is 1. The van der Waals surface area contributed by atoms with Gasteiger partial charge in [0, 0.05) is 11.7 Å². The molecule has 0 unspecified atom stereocenters. The lowest BCUT2D eigenvalue weighted by Gasteiger charge is -2.23. The van der Waals surface area contributed by atoms with E-state index < -0.39 is 19.8 Å². The zero-order valence-electron chi connectivity index (χ0n) is 12.8. The van der Waals surface area contributed by atoms with Gasteiger partial charge in [-0.05, 0) is 12.1 Å². The van der Waals surface area contributed by atoms with Crippen molar-refractivity contribution in [3.05, 3.63) is 34.9 Å². The highest BCUT2D eigenvalue weighted by atomic mass is 32.1. The summed E-state index contributed by atoms with van der Waals surface area (Å²) in [5.74, 6) is 0. The third-order valence-electron chi connectivity index (χ3n) is 3.36. The summed E-state index contributed by atoms with van der Waals surface area (Å²) >= 11 is 5.20. The maximum absolute atomic E-state index is 12.9. The van der Waals surface area contributed by atoms with Crippen molar-refractivity contribution >= 4 is 25.3 Å². The van der Waals surface area contributed by atoms with E-state index in [4.69, 9.17) is 17.5 Å². The molecule has 0 amide bonds. The molecule has 1 aromatic rings. The molecule has 0 bridgehead atoms. The van der Waals surface area contributed by atoms with Crippen LogP contribution in [0.15, 0.2) is 18.2 Å². The van der Waals surface area contributed by atoms with E-state index in [1.807, 2.05) is 0 Å². The van der Waals surface area contributed by atoms with Crippen molar-refractivity contribution in [2.75, 3.05) is 6.17 Å². The topological polar surface area (TPSA) is 35.8 Å². The molecular formula is C15H19F3N2SSi. The van der Waals surface area contributed by atoms with Crippen LogP contribution in [0.2, 0.25) is 19.1 Å². The van der Waals surface area contributed by atoms with Gasteiger partial charge in [0.25, 0.3) is 0 Å². The molecule has 0 atom stereocenters. The standard InChI is InChI=1S/C15H19F3N2SSi/c1-4-7-22(2,3)10-20-14(21)11-5-6-12(9-19)13(8-11)15(16,17)18/h5-6,8H,4,7,10H2,1-3H3,(H,20,21). The molecular weight excluding hydrogens is 325 g/mol. The second-order valence-electron chi connectivity index (χ2n) is 5.97. The fourth-order valence-corrected chi connectivity index (χ4v) is 4.72. The van der Waals surface area contributed by atoms with Crippen molar-refractivity contribution in [2.45, 2.75) is 38.7 Å². The Kier molecular flexibility index (Phi) is 6.14. The lowest BCUT2D eigenvalue weighted by molar-refractivity contribution is -0.137. The summed E-state index contributed by atoms with van der Waals surface area (Å²) in [5.41, 5.74) is -1.04. The summed E-state index contributed by atoms with van der Waals surface area (Å²) < 4.78 is 38.8. The minimum atomic E-state index is -4.56. The highest BCUT2D eigenvalue weighted by molar-refractivity contribution is 7.80. The summed E-state index contributed by atoms with van der Waals surface area (Å²) in [6.45, 7) is 6.54. The molecule has 1 aromatic carbocycles. The van der Waals surface area contributed by atoms with Crippen LogP contribution in [0.4, 0.5) is 13.2 Å². The summed E-state index contributed by atoms with van der Waals surface area (Å²) in [6, 6.07) is 6.26. The summed E-state index contributed by atoms with van der Waals surface area (Å²) in [6.07, 6.45) is -2.75. The average Bonchev–Trinajstić information content (AvgIpc) is 2.43. The Bertz CT molecular complexity index is 591. The van der Waals surface area contributed by atoms with Gasteiger partial charge in [-0.1, -0.05) is 50.8 Å². The Labute approximate surface area is 135 Å². The quantitative estimate of drug-likeness (QED) is 0.631. The summed E-state index contributed by atoms with van der Waals surface area (Å²) in [4.78, 5) is 0.298. The predicted molar refractivity (Wildman–Crippen MR) is 88.4 cm³/mol. The predicted octanol–water partition coefficient (Wildman–Crippen LogP) is 4.50. The molecule has 0 aromatic heterocycles. The second kappa shape index (κ2) is 7.25. The van der Waals surface area contributed by atoms with E-state index >= 15 is 0 Å². The molecule has 22 heavy (non-hydrogen) atoms. The van der Waals surface area contributed by atoms with E-state index in [1.54, 1.807) is 6.07 Å². The third kappa shape index (κ3) is 5.11. The molecule has 120 valence electrons. The Morgan fingerprint density at radius 3 is 2.50 bits per heavy atom. The van der Waals surface area contributed by atoms with E-state index in [1.165, 1.54) is 12.1 Å². The van der Waals surface area contributed by atoms with Gasteiger partial charge in [-0.2, -0.15) is 18.4 Å². The fraction of sp³-hybridized carbons (Fsp3) is 0.467. The van der Waals surface area contributed by atoms with Gasteiger partial charge in [0.2, 0.25) is 0 Å². The first-order valence-electron chi connectivity index (χ1n) is 7.00. The number of benzene rings is 1. The zero-order valence-corrected chi connectivity index (χ0v) is 14.7. The number of hydrogen-bond donors (Lipinski definition) is 1. The first-order valence-corrected chi connectivity index (χ1v) is 10.8. The van der Waals surface area contributed by atoms with E-state index in [2.05, 4.69) is 25.3 Å². The molecule has 2 nitrogen and oxygen atoms in total. The van der Waals surface area contributed by atoms with Crippen LogP contribution in [0.25, 0.3) is 0 Å².